The zero-order valence-electron chi connectivity index (χ0n) is 7.90. The van der Waals surface area contributed by atoms with Crippen LogP contribution >= 0.6 is 0 Å². The molecule has 11 heavy (non-hydrogen) atoms. The highest BCUT2D eigenvalue weighted by molar-refractivity contribution is 4.70. The van der Waals surface area contributed by atoms with Crippen LogP contribution in [-0.4, -0.2) is 12.6 Å². The van der Waals surface area contributed by atoms with Crippen molar-refractivity contribution >= 4 is 0 Å². The van der Waals surface area contributed by atoms with Gasteiger partial charge < -0.3 is 5.32 Å². The van der Waals surface area contributed by atoms with Crippen molar-refractivity contribution in [2.45, 2.75) is 45.6 Å². The maximum Gasteiger partial charge on any atom is 0.00416 e. The first-order valence-electron chi connectivity index (χ1n) is 4.65. The van der Waals surface area contributed by atoms with Crippen molar-refractivity contribution in [2.24, 2.45) is 0 Å². The lowest BCUT2D eigenvalue weighted by molar-refractivity contribution is 0.508. The van der Waals surface area contributed by atoms with Crippen LogP contribution in [0.25, 0.3) is 0 Å². The number of hydrogen-bond acceptors (Lipinski definition) is 1. The largest absolute Gasteiger partial charge is 0.314 e. The average molecular weight is 155 g/mol. The predicted octanol–water partition coefficient (Wildman–Crippen LogP) is 2.73. The molecule has 1 N–H and O–H groups in total. The lowest BCUT2D eigenvalue weighted by atomic mass is 10.2. The minimum atomic E-state index is 0.652. The number of unbranched alkanes of at least 4 members (excludes halogenated alkanes) is 1. The van der Waals surface area contributed by atoms with Gasteiger partial charge in [0.15, 0.2) is 0 Å². The molecule has 0 aliphatic heterocycles. The molecule has 0 aromatic carbocycles. The standard InChI is InChI=1S/C10H21N/c1-4-6-8-10(3)11-9-7-5-2/h4,10-11H,1,5-9H2,2-3H3. The van der Waals surface area contributed by atoms with Crippen molar-refractivity contribution in [3.8, 4) is 0 Å². The molecule has 1 nitrogen and oxygen atoms in total. The minimum absolute atomic E-state index is 0.652. The molecule has 0 rings (SSSR count). The molecule has 0 aromatic heterocycles. The van der Waals surface area contributed by atoms with Gasteiger partial charge in [0, 0.05) is 6.04 Å². The first-order chi connectivity index (χ1) is 5.31. The summed E-state index contributed by atoms with van der Waals surface area (Å²) in [5.74, 6) is 0. The second kappa shape index (κ2) is 7.80. The highest BCUT2D eigenvalue weighted by Crippen LogP contribution is 1.96. The molecule has 0 spiro atoms. The van der Waals surface area contributed by atoms with E-state index in [9.17, 15) is 0 Å². The number of rotatable bonds is 7. The monoisotopic (exact) mass is 155 g/mol. The minimum Gasteiger partial charge on any atom is -0.314 e. The summed E-state index contributed by atoms with van der Waals surface area (Å²) in [6, 6.07) is 0.652. The molecule has 1 atom stereocenters. The molecule has 0 fully saturated rings. The van der Waals surface area contributed by atoms with Crippen molar-refractivity contribution < 1.29 is 0 Å². The normalized spacial score (nSPS) is 12.9. The SMILES string of the molecule is C=CCCC(C)NCCCC. The molecular formula is C10H21N. The Morgan fingerprint density at radius 3 is 2.82 bits per heavy atom. The maximum atomic E-state index is 3.70. The number of nitrogens with one attached hydrogen (secondary N) is 1. The van der Waals surface area contributed by atoms with Gasteiger partial charge in [-0.3, -0.25) is 0 Å². The molecular weight excluding hydrogens is 134 g/mol. The summed E-state index contributed by atoms with van der Waals surface area (Å²) in [5, 5.41) is 3.47. The fourth-order valence-electron chi connectivity index (χ4n) is 0.995. The van der Waals surface area contributed by atoms with E-state index in [4.69, 9.17) is 0 Å². The summed E-state index contributed by atoms with van der Waals surface area (Å²) in [4.78, 5) is 0. The summed E-state index contributed by atoms with van der Waals surface area (Å²) < 4.78 is 0. The van der Waals surface area contributed by atoms with Gasteiger partial charge in [0.1, 0.15) is 0 Å². The smallest absolute Gasteiger partial charge is 0.00416 e. The van der Waals surface area contributed by atoms with E-state index in [1.807, 2.05) is 6.08 Å². The van der Waals surface area contributed by atoms with Crippen LogP contribution in [-0.2, 0) is 0 Å². The fraction of sp³-hybridized carbons (Fsp3) is 0.800. The molecule has 0 aliphatic carbocycles. The van der Waals surface area contributed by atoms with Crippen LogP contribution in [0.15, 0.2) is 12.7 Å². The molecule has 0 heterocycles. The third-order valence-electron chi connectivity index (χ3n) is 1.83. The Morgan fingerprint density at radius 2 is 2.27 bits per heavy atom. The van der Waals surface area contributed by atoms with Crippen molar-refractivity contribution in [3.63, 3.8) is 0 Å². The van der Waals surface area contributed by atoms with Crippen LogP contribution in [0.5, 0.6) is 0 Å². The summed E-state index contributed by atoms with van der Waals surface area (Å²) in [6.45, 7) is 9.32. The predicted molar refractivity (Wildman–Crippen MR) is 51.8 cm³/mol. The summed E-state index contributed by atoms with van der Waals surface area (Å²) in [5.41, 5.74) is 0. The van der Waals surface area contributed by atoms with Crippen LogP contribution in [0.2, 0.25) is 0 Å². The second-order valence-corrected chi connectivity index (χ2v) is 3.07. The van der Waals surface area contributed by atoms with E-state index in [1.54, 1.807) is 0 Å². The van der Waals surface area contributed by atoms with E-state index in [1.165, 1.54) is 19.3 Å². The number of hydrogen-bond donors (Lipinski definition) is 1. The molecule has 1 heteroatoms. The third-order valence-corrected chi connectivity index (χ3v) is 1.83. The van der Waals surface area contributed by atoms with Gasteiger partial charge in [-0.25, -0.2) is 0 Å². The van der Waals surface area contributed by atoms with E-state index in [2.05, 4.69) is 25.7 Å². The highest BCUT2D eigenvalue weighted by atomic mass is 14.9. The maximum absolute atomic E-state index is 3.70. The molecule has 0 aromatic rings. The molecule has 0 amide bonds. The summed E-state index contributed by atoms with van der Waals surface area (Å²) in [7, 11) is 0. The first kappa shape index (κ1) is 10.7. The van der Waals surface area contributed by atoms with Gasteiger partial charge in [0.05, 0.1) is 0 Å². The fourth-order valence-corrected chi connectivity index (χ4v) is 0.995. The van der Waals surface area contributed by atoms with Crippen LogP contribution in [0.1, 0.15) is 39.5 Å². The van der Waals surface area contributed by atoms with E-state index in [-0.39, 0.29) is 0 Å². The topological polar surface area (TPSA) is 12.0 Å². The van der Waals surface area contributed by atoms with E-state index >= 15 is 0 Å². The van der Waals surface area contributed by atoms with Crippen molar-refractivity contribution in [3.05, 3.63) is 12.7 Å². The van der Waals surface area contributed by atoms with Gasteiger partial charge in [-0.15, -0.1) is 6.58 Å². The van der Waals surface area contributed by atoms with Crippen molar-refractivity contribution in [1.29, 1.82) is 0 Å². The van der Waals surface area contributed by atoms with E-state index < -0.39 is 0 Å². The third kappa shape index (κ3) is 7.60. The average Bonchev–Trinajstić information content (AvgIpc) is 2.01. The van der Waals surface area contributed by atoms with Crippen LogP contribution in [0.3, 0.4) is 0 Å². The van der Waals surface area contributed by atoms with Crippen LogP contribution < -0.4 is 5.32 Å². The Hall–Kier alpha value is -0.300. The Morgan fingerprint density at radius 1 is 1.55 bits per heavy atom. The van der Waals surface area contributed by atoms with Crippen molar-refractivity contribution in [2.75, 3.05) is 6.54 Å². The Labute approximate surface area is 70.9 Å². The Kier molecular flexibility index (Phi) is 7.59. The molecule has 0 saturated carbocycles. The van der Waals surface area contributed by atoms with Crippen LogP contribution in [0.4, 0.5) is 0 Å². The zero-order valence-corrected chi connectivity index (χ0v) is 7.90. The number of allylic oxidation sites excluding steroid dienone is 1. The van der Waals surface area contributed by atoms with Gasteiger partial charge in [0.2, 0.25) is 0 Å². The summed E-state index contributed by atoms with van der Waals surface area (Å²) >= 11 is 0. The Bertz CT molecular complexity index is 88.9. The lowest BCUT2D eigenvalue weighted by Crippen LogP contribution is -2.26. The van der Waals surface area contributed by atoms with Crippen LogP contribution in [0, 0.1) is 0 Å². The van der Waals surface area contributed by atoms with E-state index in [0.29, 0.717) is 6.04 Å². The van der Waals surface area contributed by atoms with Gasteiger partial charge in [-0.1, -0.05) is 19.4 Å². The van der Waals surface area contributed by atoms with Gasteiger partial charge in [-0.2, -0.15) is 0 Å². The van der Waals surface area contributed by atoms with E-state index in [0.717, 1.165) is 13.0 Å². The van der Waals surface area contributed by atoms with Gasteiger partial charge in [0.25, 0.3) is 0 Å². The van der Waals surface area contributed by atoms with Gasteiger partial charge in [-0.05, 0) is 32.7 Å². The van der Waals surface area contributed by atoms with Crippen molar-refractivity contribution in [1.82, 2.24) is 5.32 Å². The summed E-state index contributed by atoms with van der Waals surface area (Å²) in [6.07, 6.45) is 6.89. The second-order valence-electron chi connectivity index (χ2n) is 3.07. The first-order valence-corrected chi connectivity index (χ1v) is 4.65. The zero-order chi connectivity index (χ0) is 8.53. The quantitative estimate of drug-likeness (QED) is 0.440. The molecule has 0 aliphatic rings. The highest BCUT2D eigenvalue weighted by Gasteiger charge is 1.96. The molecule has 1 unspecified atom stereocenters. The molecule has 0 radical (unpaired) electrons. The molecule has 0 saturated heterocycles. The Balaban J connectivity index is 3.08. The molecule has 66 valence electrons. The van der Waals surface area contributed by atoms with Gasteiger partial charge >= 0.3 is 0 Å². The lowest BCUT2D eigenvalue weighted by Gasteiger charge is -2.11. The molecule has 0 bridgehead atoms.